The lowest BCUT2D eigenvalue weighted by Crippen LogP contribution is -2.31. The van der Waals surface area contributed by atoms with Crippen LogP contribution in [0.1, 0.15) is 25.5 Å². The summed E-state index contributed by atoms with van der Waals surface area (Å²) in [7, 11) is 0. The van der Waals surface area contributed by atoms with Crippen LogP contribution in [0.2, 0.25) is 0 Å². The lowest BCUT2D eigenvalue weighted by Gasteiger charge is -2.18. The largest absolute Gasteiger partial charge is 0.439 e. The molecule has 0 radical (unpaired) electrons. The molecule has 1 aromatic rings. The normalized spacial score (nSPS) is 25.5. The topological polar surface area (TPSA) is 29.5 Å². The first kappa shape index (κ1) is 10.0. The van der Waals surface area contributed by atoms with Crippen LogP contribution in [-0.4, -0.2) is 23.6 Å². The molecule has 1 heterocycles. The molecular formula is C12H15NO2. The molecule has 3 heteroatoms. The lowest BCUT2D eigenvalue weighted by atomic mass is 10.0. The highest BCUT2D eigenvalue weighted by molar-refractivity contribution is 5.70. The zero-order valence-electron chi connectivity index (χ0n) is 9.01. The van der Waals surface area contributed by atoms with Gasteiger partial charge in [0.2, 0.25) is 0 Å². The summed E-state index contributed by atoms with van der Waals surface area (Å²) in [6.07, 6.45) is -0.336. The Morgan fingerprint density at radius 2 is 2.00 bits per heavy atom. The summed E-state index contributed by atoms with van der Waals surface area (Å²) < 4.78 is 5.35. The predicted octanol–water partition coefficient (Wildman–Crippen LogP) is 2.59. The Morgan fingerprint density at radius 3 is 2.53 bits per heavy atom. The Morgan fingerprint density at radius 1 is 1.33 bits per heavy atom. The summed E-state index contributed by atoms with van der Waals surface area (Å²) in [5.41, 5.74) is 1.06. The van der Waals surface area contributed by atoms with Crippen LogP contribution in [0.3, 0.4) is 0 Å². The molecule has 1 saturated heterocycles. The number of hydrogen-bond donors (Lipinski definition) is 0. The van der Waals surface area contributed by atoms with Crippen molar-refractivity contribution in [3.63, 3.8) is 0 Å². The summed E-state index contributed by atoms with van der Waals surface area (Å²) in [5.74, 6) is 0. The molecule has 0 unspecified atom stereocenters. The Bertz CT molecular complexity index is 350. The maximum absolute atomic E-state index is 11.5. The van der Waals surface area contributed by atoms with E-state index >= 15 is 0 Å². The number of likely N-dealkylation sites (N-methyl/N-ethyl adjacent to an activating group) is 1. The molecule has 1 aliphatic heterocycles. The molecule has 2 rings (SSSR count). The number of carbonyl (C=O) groups excluding carboxylic acids is 1. The van der Waals surface area contributed by atoms with Crippen molar-refractivity contribution < 1.29 is 9.53 Å². The zero-order chi connectivity index (χ0) is 10.8. The van der Waals surface area contributed by atoms with Crippen LogP contribution < -0.4 is 0 Å². The fourth-order valence-electron chi connectivity index (χ4n) is 2.01. The van der Waals surface area contributed by atoms with Gasteiger partial charge in [0, 0.05) is 6.54 Å². The maximum atomic E-state index is 11.5. The monoisotopic (exact) mass is 205 g/mol. The average molecular weight is 205 g/mol. The van der Waals surface area contributed by atoms with E-state index in [1.54, 1.807) is 4.90 Å². The molecule has 1 fully saturated rings. The van der Waals surface area contributed by atoms with E-state index in [9.17, 15) is 4.79 Å². The van der Waals surface area contributed by atoms with Crippen molar-refractivity contribution in [3.8, 4) is 0 Å². The van der Waals surface area contributed by atoms with E-state index in [-0.39, 0.29) is 18.2 Å². The Labute approximate surface area is 89.7 Å². The molecule has 3 nitrogen and oxygen atoms in total. The van der Waals surface area contributed by atoms with E-state index in [1.165, 1.54) is 0 Å². The van der Waals surface area contributed by atoms with Crippen LogP contribution in [0.15, 0.2) is 30.3 Å². The van der Waals surface area contributed by atoms with E-state index < -0.39 is 0 Å². The molecule has 0 spiro atoms. The number of nitrogens with zero attached hydrogens (tertiary/aromatic N) is 1. The molecule has 1 aromatic carbocycles. The molecule has 1 amide bonds. The van der Waals surface area contributed by atoms with Gasteiger partial charge in [-0.25, -0.2) is 4.79 Å². The lowest BCUT2D eigenvalue weighted by molar-refractivity contribution is 0.131. The smallest absolute Gasteiger partial charge is 0.410 e. The number of hydrogen-bond acceptors (Lipinski definition) is 2. The standard InChI is InChI=1S/C12H15NO2/c1-3-13-9(2)11(15-12(13)14)10-7-5-4-6-8-10/h4-9,11H,3H2,1-2H3/t9-,11-/m0/s1. The van der Waals surface area contributed by atoms with E-state index in [0.29, 0.717) is 6.54 Å². The van der Waals surface area contributed by atoms with Gasteiger partial charge in [-0.3, -0.25) is 0 Å². The van der Waals surface area contributed by atoms with Crippen LogP contribution in [0.25, 0.3) is 0 Å². The first-order valence-electron chi connectivity index (χ1n) is 5.26. The van der Waals surface area contributed by atoms with Crippen molar-refractivity contribution in [3.05, 3.63) is 35.9 Å². The minimum absolute atomic E-state index is 0.116. The molecule has 2 atom stereocenters. The van der Waals surface area contributed by atoms with Crippen molar-refractivity contribution in [2.45, 2.75) is 26.0 Å². The second kappa shape index (κ2) is 3.93. The maximum Gasteiger partial charge on any atom is 0.410 e. The van der Waals surface area contributed by atoms with Gasteiger partial charge in [0.25, 0.3) is 0 Å². The first-order valence-corrected chi connectivity index (χ1v) is 5.26. The van der Waals surface area contributed by atoms with Crippen molar-refractivity contribution in [1.29, 1.82) is 0 Å². The van der Waals surface area contributed by atoms with Crippen molar-refractivity contribution in [2.24, 2.45) is 0 Å². The van der Waals surface area contributed by atoms with E-state index in [1.807, 2.05) is 44.2 Å². The number of cyclic esters (lactones) is 1. The van der Waals surface area contributed by atoms with Gasteiger partial charge in [0.05, 0.1) is 6.04 Å². The number of carbonyl (C=O) groups is 1. The van der Waals surface area contributed by atoms with Crippen LogP contribution in [0.4, 0.5) is 4.79 Å². The Kier molecular flexibility index (Phi) is 2.62. The summed E-state index contributed by atoms with van der Waals surface area (Å²) in [6, 6.07) is 9.99. The molecule has 0 N–H and O–H groups in total. The number of benzene rings is 1. The van der Waals surface area contributed by atoms with Crippen molar-refractivity contribution in [2.75, 3.05) is 6.54 Å². The SMILES string of the molecule is CCN1C(=O)O[C@H](c2ccccc2)[C@@H]1C. The van der Waals surface area contributed by atoms with Crippen LogP contribution in [0, 0.1) is 0 Å². The van der Waals surface area contributed by atoms with Gasteiger partial charge >= 0.3 is 6.09 Å². The molecule has 0 saturated carbocycles. The molecule has 15 heavy (non-hydrogen) atoms. The van der Waals surface area contributed by atoms with Crippen molar-refractivity contribution >= 4 is 6.09 Å². The predicted molar refractivity (Wildman–Crippen MR) is 57.5 cm³/mol. The summed E-state index contributed by atoms with van der Waals surface area (Å²) in [5, 5.41) is 0. The highest BCUT2D eigenvalue weighted by atomic mass is 16.6. The first-order chi connectivity index (χ1) is 7.24. The van der Waals surface area contributed by atoms with Crippen molar-refractivity contribution in [1.82, 2.24) is 4.90 Å². The summed E-state index contributed by atoms with van der Waals surface area (Å²) >= 11 is 0. The quantitative estimate of drug-likeness (QED) is 0.742. The van der Waals surface area contributed by atoms with E-state index in [2.05, 4.69) is 0 Å². The second-order valence-electron chi connectivity index (χ2n) is 3.74. The minimum atomic E-state index is -0.209. The fourth-order valence-corrected chi connectivity index (χ4v) is 2.01. The number of rotatable bonds is 2. The molecule has 0 aliphatic carbocycles. The van der Waals surface area contributed by atoms with Gasteiger partial charge in [0.15, 0.2) is 0 Å². The van der Waals surface area contributed by atoms with Gasteiger partial charge in [-0.2, -0.15) is 0 Å². The summed E-state index contributed by atoms with van der Waals surface area (Å²) in [4.78, 5) is 13.3. The molecule has 0 bridgehead atoms. The van der Waals surface area contributed by atoms with E-state index in [0.717, 1.165) is 5.56 Å². The van der Waals surface area contributed by atoms with E-state index in [4.69, 9.17) is 4.74 Å². The highest BCUT2D eigenvalue weighted by Crippen LogP contribution is 2.31. The van der Waals surface area contributed by atoms with Gasteiger partial charge in [-0.05, 0) is 19.4 Å². The Balaban J connectivity index is 2.23. The third kappa shape index (κ3) is 1.69. The highest BCUT2D eigenvalue weighted by Gasteiger charge is 2.38. The zero-order valence-corrected chi connectivity index (χ0v) is 9.01. The van der Waals surface area contributed by atoms with Gasteiger partial charge in [-0.15, -0.1) is 0 Å². The van der Waals surface area contributed by atoms with Crippen LogP contribution >= 0.6 is 0 Å². The third-order valence-corrected chi connectivity index (χ3v) is 2.86. The molecular weight excluding hydrogens is 190 g/mol. The number of amides is 1. The fraction of sp³-hybridized carbons (Fsp3) is 0.417. The number of ether oxygens (including phenoxy) is 1. The second-order valence-corrected chi connectivity index (χ2v) is 3.74. The van der Waals surface area contributed by atoms with Gasteiger partial charge < -0.3 is 9.64 Å². The third-order valence-electron chi connectivity index (χ3n) is 2.86. The van der Waals surface area contributed by atoms with Gasteiger partial charge in [-0.1, -0.05) is 30.3 Å². The Hall–Kier alpha value is -1.51. The molecule has 80 valence electrons. The molecule has 1 aliphatic rings. The van der Waals surface area contributed by atoms with Crippen LogP contribution in [-0.2, 0) is 4.74 Å². The van der Waals surface area contributed by atoms with Crippen LogP contribution in [0.5, 0.6) is 0 Å². The average Bonchev–Trinajstić information content (AvgIpc) is 2.55. The minimum Gasteiger partial charge on any atom is -0.439 e. The van der Waals surface area contributed by atoms with Gasteiger partial charge in [0.1, 0.15) is 6.10 Å². The molecule has 0 aromatic heterocycles. The summed E-state index contributed by atoms with van der Waals surface area (Å²) in [6.45, 7) is 4.68.